The zero-order valence-corrected chi connectivity index (χ0v) is 17.9. The lowest BCUT2D eigenvalue weighted by atomic mass is 10.1. The van der Waals surface area contributed by atoms with Crippen molar-refractivity contribution in [2.45, 2.75) is 37.1 Å². The first-order valence-corrected chi connectivity index (χ1v) is 11.2. The topological polar surface area (TPSA) is 80.8 Å². The van der Waals surface area contributed by atoms with Gasteiger partial charge in [-0.05, 0) is 56.5 Å². The van der Waals surface area contributed by atoms with E-state index in [1.54, 1.807) is 0 Å². The molecule has 0 radical (unpaired) electrons. The van der Waals surface area contributed by atoms with E-state index in [0.717, 1.165) is 4.31 Å². The van der Waals surface area contributed by atoms with E-state index in [2.05, 4.69) is 0 Å². The fourth-order valence-electron chi connectivity index (χ4n) is 3.16. The molecule has 0 N–H and O–H groups in total. The third-order valence-corrected chi connectivity index (χ3v) is 7.15. The fraction of sp³-hybridized carbons (Fsp3) is 0.300. The number of piperidine rings is 1. The number of ether oxygens (including phenoxy) is 1. The van der Waals surface area contributed by atoms with Crippen molar-refractivity contribution in [3.05, 3.63) is 58.1 Å². The lowest BCUT2D eigenvalue weighted by Crippen LogP contribution is -2.49. The second-order valence-electron chi connectivity index (χ2n) is 6.70. The number of sulfonamides is 1. The summed E-state index contributed by atoms with van der Waals surface area (Å²) in [6, 6.07) is 9.13. The summed E-state index contributed by atoms with van der Waals surface area (Å²) in [4.78, 5) is 24.2. The summed E-state index contributed by atoms with van der Waals surface area (Å²) < 4.78 is 32.8. The number of ketones is 1. The largest absolute Gasteiger partial charge is 0.424 e. The molecule has 0 aliphatic carbocycles. The number of esters is 1. The molecule has 1 heterocycles. The number of nitrogens with zero attached hydrogens (tertiary/aromatic N) is 1. The van der Waals surface area contributed by atoms with Crippen LogP contribution in [0, 0.1) is 0 Å². The van der Waals surface area contributed by atoms with Crippen molar-refractivity contribution in [2.75, 3.05) is 6.54 Å². The Morgan fingerprint density at radius 2 is 1.76 bits per heavy atom. The molecule has 3 rings (SSSR count). The minimum absolute atomic E-state index is 0.0201. The molecular weight excluding hydrogens is 437 g/mol. The SMILES string of the molecule is CC(=O)c1ccc(S(=O)(=O)N2CCCCC2C(=O)Oc2ccc(Cl)cc2Cl)cc1. The molecule has 1 unspecified atom stereocenters. The Labute approximate surface area is 179 Å². The predicted octanol–water partition coefficient (Wildman–Crippen LogP) is 4.34. The number of halogens is 2. The Bertz CT molecular complexity index is 1040. The van der Waals surface area contributed by atoms with Crippen LogP contribution >= 0.6 is 23.2 Å². The number of Topliss-reactive ketones (excluding diaryl/α,β-unsaturated/α-hetero) is 1. The standard InChI is InChI=1S/C20H19Cl2NO5S/c1-13(24)14-5-8-16(9-6-14)29(26,27)23-11-3-2-4-18(23)20(25)28-19-10-7-15(21)12-17(19)22/h5-10,12,18H,2-4,11H2,1H3. The summed E-state index contributed by atoms with van der Waals surface area (Å²) in [5, 5.41) is 0.557. The molecule has 1 saturated heterocycles. The second-order valence-corrected chi connectivity index (χ2v) is 9.44. The Morgan fingerprint density at radius 1 is 1.07 bits per heavy atom. The normalized spacial score (nSPS) is 17.7. The third-order valence-electron chi connectivity index (χ3n) is 4.70. The zero-order valence-electron chi connectivity index (χ0n) is 15.6. The summed E-state index contributed by atoms with van der Waals surface area (Å²) >= 11 is 11.9. The van der Waals surface area contributed by atoms with Gasteiger partial charge in [-0.3, -0.25) is 4.79 Å². The quantitative estimate of drug-likeness (QED) is 0.380. The molecule has 1 fully saturated rings. The highest BCUT2D eigenvalue weighted by atomic mass is 35.5. The van der Waals surface area contributed by atoms with Crippen molar-refractivity contribution >= 4 is 45.0 Å². The van der Waals surface area contributed by atoms with Gasteiger partial charge in [-0.1, -0.05) is 35.3 Å². The van der Waals surface area contributed by atoms with Gasteiger partial charge in [0.2, 0.25) is 10.0 Å². The predicted molar refractivity (Wildman–Crippen MR) is 110 cm³/mol. The Kier molecular flexibility index (Phi) is 6.63. The zero-order chi connectivity index (χ0) is 21.2. The van der Waals surface area contributed by atoms with Crippen molar-refractivity contribution < 1.29 is 22.7 Å². The smallest absolute Gasteiger partial charge is 0.329 e. The number of hydrogen-bond acceptors (Lipinski definition) is 5. The van der Waals surface area contributed by atoms with Gasteiger partial charge in [0.1, 0.15) is 11.8 Å². The molecule has 1 aliphatic rings. The molecule has 0 amide bonds. The van der Waals surface area contributed by atoms with E-state index in [0.29, 0.717) is 29.8 Å². The number of hydrogen-bond donors (Lipinski definition) is 0. The van der Waals surface area contributed by atoms with Crippen molar-refractivity contribution in [2.24, 2.45) is 0 Å². The van der Waals surface area contributed by atoms with Crippen LogP contribution in [0.4, 0.5) is 0 Å². The van der Waals surface area contributed by atoms with E-state index < -0.39 is 22.0 Å². The first kappa shape index (κ1) is 21.8. The average molecular weight is 456 g/mol. The van der Waals surface area contributed by atoms with Gasteiger partial charge in [-0.25, -0.2) is 13.2 Å². The van der Waals surface area contributed by atoms with E-state index in [1.165, 1.54) is 49.4 Å². The Hall–Kier alpha value is -1.93. The van der Waals surface area contributed by atoms with Crippen LogP contribution in [0.3, 0.4) is 0 Å². The minimum Gasteiger partial charge on any atom is -0.424 e. The van der Waals surface area contributed by atoms with E-state index in [4.69, 9.17) is 27.9 Å². The lowest BCUT2D eigenvalue weighted by Gasteiger charge is -2.33. The number of rotatable bonds is 5. The highest BCUT2D eigenvalue weighted by Crippen LogP contribution is 2.30. The van der Waals surface area contributed by atoms with Crippen molar-refractivity contribution in [1.29, 1.82) is 0 Å². The molecule has 9 heteroatoms. The van der Waals surface area contributed by atoms with Gasteiger partial charge in [0.25, 0.3) is 0 Å². The molecule has 0 aromatic heterocycles. The Balaban J connectivity index is 1.86. The van der Waals surface area contributed by atoms with Gasteiger partial charge in [-0.15, -0.1) is 0 Å². The molecule has 0 saturated carbocycles. The maximum atomic E-state index is 13.1. The van der Waals surface area contributed by atoms with Crippen LogP contribution in [0.2, 0.25) is 10.0 Å². The van der Waals surface area contributed by atoms with Gasteiger partial charge in [0.15, 0.2) is 5.78 Å². The summed E-state index contributed by atoms with van der Waals surface area (Å²) in [7, 11) is -3.94. The maximum Gasteiger partial charge on any atom is 0.329 e. The van der Waals surface area contributed by atoms with E-state index in [-0.39, 0.29) is 28.0 Å². The van der Waals surface area contributed by atoms with Crippen LogP contribution in [-0.4, -0.2) is 37.1 Å². The first-order valence-electron chi connectivity index (χ1n) is 9.00. The molecular formula is C20H19Cl2NO5S. The molecule has 1 aliphatic heterocycles. The minimum atomic E-state index is -3.94. The molecule has 1 atom stereocenters. The van der Waals surface area contributed by atoms with Crippen LogP contribution in [0.5, 0.6) is 5.75 Å². The summed E-state index contributed by atoms with van der Waals surface area (Å²) in [6.45, 7) is 1.60. The summed E-state index contributed by atoms with van der Waals surface area (Å²) in [5.41, 5.74) is 0.413. The molecule has 29 heavy (non-hydrogen) atoms. The van der Waals surface area contributed by atoms with E-state index in [9.17, 15) is 18.0 Å². The van der Waals surface area contributed by atoms with Crippen molar-refractivity contribution in [3.63, 3.8) is 0 Å². The van der Waals surface area contributed by atoms with Crippen LogP contribution < -0.4 is 4.74 Å². The molecule has 2 aromatic carbocycles. The summed E-state index contributed by atoms with van der Waals surface area (Å²) in [6.07, 6.45) is 1.68. The van der Waals surface area contributed by atoms with Gasteiger partial charge in [0, 0.05) is 17.1 Å². The van der Waals surface area contributed by atoms with E-state index >= 15 is 0 Å². The van der Waals surface area contributed by atoms with Crippen molar-refractivity contribution in [3.8, 4) is 5.75 Å². The van der Waals surface area contributed by atoms with Crippen LogP contribution in [0.25, 0.3) is 0 Å². The lowest BCUT2D eigenvalue weighted by molar-refractivity contribution is -0.139. The number of carbonyl (C=O) groups excluding carboxylic acids is 2. The van der Waals surface area contributed by atoms with Crippen LogP contribution in [-0.2, 0) is 14.8 Å². The van der Waals surface area contributed by atoms with Gasteiger partial charge < -0.3 is 4.74 Å². The summed E-state index contributed by atoms with van der Waals surface area (Å²) in [5.74, 6) is -0.735. The Morgan fingerprint density at radius 3 is 2.38 bits per heavy atom. The van der Waals surface area contributed by atoms with Crippen LogP contribution in [0.1, 0.15) is 36.5 Å². The fourth-order valence-corrected chi connectivity index (χ4v) is 5.25. The monoisotopic (exact) mass is 455 g/mol. The maximum absolute atomic E-state index is 13.1. The average Bonchev–Trinajstić information content (AvgIpc) is 2.70. The molecule has 154 valence electrons. The highest BCUT2D eigenvalue weighted by Gasteiger charge is 2.39. The number of benzene rings is 2. The van der Waals surface area contributed by atoms with Crippen molar-refractivity contribution in [1.82, 2.24) is 4.31 Å². The van der Waals surface area contributed by atoms with Crippen LogP contribution in [0.15, 0.2) is 47.4 Å². The first-order chi connectivity index (χ1) is 13.7. The molecule has 2 aromatic rings. The highest BCUT2D eigenvalue weighted by molar-refractivity contribution is 7.89. The van der Waals surface area contributed by atoms with Gasteiger partial charge >= 0.3 is 5.97 Å². The second kappa shape index (κ2) is 8.83. The van der Waals surface area contributed by atoms with Gasteiger partial charge in [0.05, 0.1) is 9.92 Å². The third kappa shape index (κ3) is 4.80. The molecule has 0 spiro atoms. The van der Waals surface area contributed by atoms with E-state index in [1.807, 2.05) is 0 Å². The van der Waals surface area contributed by atoms with Gasteiger partial charge in [-0.2, -0.15) is 4.31 Å². The number of carbonyl (C=O) groups is 2. The molecule has 6 nitrogen and oxygen atoms in total. The molecule has 0 bridgehead atoms.